The maximum Gasteiger partial charge on any atom is 0.153 e. The van der Waals surface area contributed by atoms with Gasteiger partial charge in [-0.25, -0.2) is 4.98 Å². The van der Waals surface area contributed by atoms with Gasteiger partial charge in [0, 0.05) is 37.1 Å². The van der Waals surface area contributed by atoms with E-state index >= 15 is 0 Å². The summed E-state index contributed by atoms with van der Waals surface area (Å²) in [5.74, 6) is 0.730. The molecule has 2 aromatic heterocycles. The van der Waals surface area contributed by atoms with E-state index in [0.717, 1.165) is 46.4 Å². The van der Waals surface area contributed by atoms with Crippen LogP contribution < -0.4 is 9.47 Å². The number of carbonyl (C=O) groups is 1. The number of carbonyl (C=O) groups excluding carboxylic acids is 1. The molecule has 0 aliphatic heterocycles. The van der Waals surface area contributed by atoms with E-state index in [-0.39, 0.29) is 13.2 Å². The van der Waals surface area contributed by atoms with Crippen LogP contribution in [0, 0.1) is 18.3 Å². The van der Waals surface area contributed by atoms with Crippen molar-refractivity contribution < 1.29 is 14.3 Å². The van der Waals surface area contributed by atoms with Crippen molar-refractivity contribution in [1.29, 1.82) is 5.26 Å². The van der Waals surface area contributed by atoms with Crippen molar-refractivity contribution in [3.63, 3.8) is 0 Å². The summed E-state index contributed by atoms with van der Waals surface area (Å²) in [6, 6.07) is 19.4. The topological polar surface area (TPSA) is 93.3 Å². The number of aldehydes is 1. The van der Waals surface area contributed by atoms with Gasteiger partial charge in [-0.15, -0.1) is 0 Å². The Bertz CT molecular complexity index is 1790. The van der Waals surface area contributed by atoms with Crippen molar-refractivity contribution >= 4 is 28.9 Å². The monoisotopic (exact) mass is 579 g/mol. The number of nitriles is 1. The highest BCUT2D eigenvalue weighted by atomic mass is 35.5. The summed E-state index contributed by atoms with van der Waals surface area (Å²) < 4.78 is 14.2. The quantitative estimate of drug-likeness (QED) is 0.166. The molecule has 0 unspecified atom stereocenters. The molecule has 0 aliphatic rings. The third-order valence-electron chi connectivity index (χ3n) is 7.06. The SMILES string of the molecule is Cc1c(COc2cc(OCc3cncc(C#N)c3)c(C=O)cc2Cl)cccc1-c1ccc2ncn(CCN(C)C)c2c1. The lowest BCUT2D eigenvalue weighted by molar-refractivity contribution is 0.111. The number of fused-ring (bicyclic) bond motifs is 1. The van der Waals surface area contributed by atoms with Crippen LogP contribution in [-0.2, 0) is 19.8 Å². The van der Waals surface area contributed by atoms with E-state index in [1.807, 2.05) is 18.5 Å². The molecule has 0 N–H and O–H groups in total. The molecule has 0 aliphatic carbocycles. The summed E-state index contributed by atoms with van der Waals surface area (Å²) in [6.45, 7) is 4.27. The third kappa shape index (κ3) is 6.44. The van der Waals surface area contributed by atoms with Gasteiger partial charge in [0.2, 0.25) is 0 Å². The van der Waals surface area contributed by atoms with Gasteiger partial charge in [-0.05, 0) is 67.5 Å². The van der Waals surface area contributed by atoms with Crippen LogP contribution in [-0.4, -0.2) is 46.4 Å². The zero-order valence-corrected chi connectivity index (χ0v) is 24.4. The van der Waals surface area contributed by atoms with Gasteiger partial charge in [-0.3, -0.25) is 9.78 Å². The molecular weight excluding hydrogens is 550 g/mol. The molecular formula is C33H30ClN5O3. The normalized spacial score (nSPS) is 11.0. The average Bonchev–Trinajstić information content (AvgIpc) is 3.41. The van der Waals surface area contributed by atoms with Gasteiger partial charge >= 0.3 is 0 Å². The first-order valence-electron chi connectivity index (χ1n) is 13.4. The lowest BCUT2D eigenvalue weighted by Gasteiger charge is -2.16. The van der Waals surface area contributed by atoms with E-state index in [2.05, 4.69) is 70.8 Å². The van der Waals surface area contributed by atoms with Crippen molar-refractivity contribution in [2.45, 2.75) is 26.7 Å². The van der Waals surface area contributed by atoms with Gasteiger partial charge in [-0.1, -0.05) is 35.9 Å². The molecule has 0 amide bonds. The molecule has 9 heteroatoms. The number of imidazole rings is 1. The molecule has 0 bridgehead atoms. The first-order chi connectivity index (χ1) is 20.4. The Kier molecular flexibility index (Phi) is 8.82. The molecule has 0 atom stereocenters. The highest BCUT2D eigenvalue weighted by Crippen LogP contribution is 2.34. The Morgan fingerprint density at radius 3 is 2.67 bits per heavy atom. The van der Waals surface area contributed by atoms with Gasteiger partial charge in [0.05, 0.1) is 33.5 Å². The number of hydrogen-bond acceptors (Lipinski definition) is 7. The van der Waals surface area contributed by atoms with Crippen LogP contribution in [0.3, 0.4) is 0 Å². The standard InChI is InChI=1S/C33H30ClN5O3/c1-22-26(5-4-6-28(22)25-7-8-30-31(13-25)39(21-37-30)10-9-38(2)3)20-42-33-14-32(27(18-40)12-29(33)34)41-19-24-11-23(15-35)16-36-17-24/h4-8,11-14,16-18,21H,9-10,19-20H2,1-3H3. The minimum atomic E-state index is 0.129. The van der Waals surface area contributed by atoms with Crippen molar-refractivity contribution in [3.05, 3.63) is 106 Å². The van der Waals surface area contributed by atoms with Gasteiger partial charge < -0.3 is 18.9 Å². The fourth-order valence-electron chi connectivity index (χ4n) is 4.68. The molecule has 5 aromatic rings. The molecule has 0 saturated heterocycles. The van der Waals surface area contributed by atoms with Gasteiger partial charge in [-0.2, -0.15) is 5.26 Å². The Hall–Kier alpha value is -4.71. The fourth-order valence-corrected chi connectivity index (χ4v) is 4.91. The minimum Gasteiger partial charge on any atom is -0.488 e. The molecule has 2 heterocycles. The molecule has 5 rings (SSSR count). The minimum absolute atomic E-state index is 0.129. The van der Waals surface area contributed by atoms with Crippen LogP contribution >= 0.6 is 11.6 Å². The molecule has 0 fully saturated rings. The van der Waals surface area contributed by atoms with Crippen LogP contribution in [0.4, 0.5) is 0 Å². The van der Waals surface area contributed by atoms with Crippen molar-refractivity contribution in [2.24, 2.45) is 0 Å². The summed E-state index contributed by atoms with van der Waals surface area (Å²) in [5, 5.41) is 9.43. The Labute approximate surface area is 249 Å². The number of rotatable bonds is 11. The lowest BCUT2D eigenvalue weighted by atomic mass is 9.96. The zero-order valence-electron chi connectivity index (χ0n) is 23.7. The van der Waals surface area contributed by atoms with Gasteiger partial charge in [0.25, 0.3) is 0 Å². The first kappa shape index (κ1) is 28.8. The van der Waals surface area contributed by atoms with E-state index in [4.69, 9.17) is 26.3 Å². The molecule has 0 radical (unpaired) electrons. The summed E-state index contributed by atoms with van der Waals surface area (Å²) in [5.41, 5.74) is 7.81. The molecule has 0 saturated carbocycles. The molecule has 3 aromatic carbocycles. The number of nitrogens with zero attached hydrogens (tertiary/aromatic N) is 5. The van der Waals surface area contributed by atoms with Crippen molar-refractivity contribution in [1.82, 2.24) is 19.4 Å². The molecule has 42 heavy (non-hydrogen) atoms. The second kappa shape index (κ2) is 12.9. The second-order valence-corrected chi connectivity index (χ2v) is 10.7. The van der Waals surface area contributed by atoms with Crippen LogP contribution in [0.25, 0.3) is 22.2 Å². The second-order valence-electron chi connectivity index (χ2n) is 10.2. The first-order valence-corrected chi connectivity index (χ1v) is 13.8. The van der Waals surface area contributed by atoms with Crippen molar-refractivity contribution in [2.75, 3.05) is 20.6 Å². The number of ether oxygens (including phenoxy) is 2. The number of pyridine rings is 1. The number of hydrogen-bond donors (Lipinski definition) is 0. The molecule has 0 spiro atoms. The predicted molar refractivity (Wildman–Crippen MR) is 163 cm³/mol. The van der Waals surface area contributed by atoms with E-state index in [9.17, 15) is 4.79 Å². The van der Waals surface area contributed by atoms with Crippen LogP contribution in [0.5, 0.6) is 11.5 Å². The highest BCUT2D eigenvalue weighted by molar-refractivity contribution is 6.32. The Morgan fingerprint density at radius 2 is 1.88 bits per heavy atom. The fraction of sp³-hybridized carbons (Fsp3) is 0.212. The number of aromatic nitrogens is 3. The zero-order chi connectivity index (χ0) is 29.6. The third-order valence-corrected chi connectivity index (χ3v) is 7.35. The Morgan fingerprint density at radius 1 is 1.05 bits per heavy atom. The van der Waals surface area contributed by atoms with Crippen molar-refractivity contribution in [3.8, 4) is 28.7 Å². The smallest absolute Gasteiger partial charge is 0.153 e. The van der Waals surface area contributed by atoms with Gasteiger partial charge in [0.15, 0.2) is 6.29 Å². The Balaban J connectivity index is 1.35. The molecule has 8 nitrogen and oxygen atoms in total. The summed E-state index contributed by atoms with van der Waals surface area (Å²) >= 11 is 6.48. The van der Waals surface area contributed by atoms with E-state index < -0.39 is 0 Å². The van der Waals surface area contributed by atoms with E-state index in [1.165, 1.54) is 12.3 Å². The van der Waals surface area contributed by atoms with E-state index in [1.54, 1.807) is 18.3 Å². The number of likely N-dealkylation sites (N-methyl/N-ethyl adjacent to an activating group) is 1. The highest BCUT2D eigenvalue weighted by Gasteiger charge is 2.14. The predicted octanol–water partition coefficient (Wildman–Crippen LogP) is 6.46. The number of benzene rings is 3. The average molecular weight is 580 g/mol. The summed E-state index contributed by atoms with van der Waals surface area (Å²) in [7, 11) is 4.13. The summed E-state index contributed by atoms with van der Waals surface area (Å²) in [4.78, 5) is 22.5. The van der Waals surface area contributed by atoms with Crippen LogP contribution in [0.1, 0.15) is 32.6 Å². The van der Waals surface area contributed by atoms with Crippen LogP contribution in [0.2, 0.25) is 5.02 Å². The maximum atomic E-state index is 11.7. The largest absolute Gasteiger partial charge is 0.488 e. The van der Waals surface area contributed by atoms with E-state index in [0.29, 0.717) is 39.5 Å². The molecule has 212 valence electrons. The van der Waals surface area contributed by atoms with Gasteiger partial charge in [0.1, 0.15) is 30.8 Å². The van der Waals surface area contributed by atoms with Crippen LogP contribution in [0.15, 0.2) is 73.3 Å². The lowest BCUT2D eigenvalue weighted by Crippen LogP contribution is -2.17. The number of halogens is 1. The summed E-state index contributed by atoms with van der Waals surface area (Å²) in [6.07, 6.45) is 5.67. The maximum absolute atomic E-state index is 11.7.